The number of Topliss-reactive ketones (excluding diaryl/α,β-unsaturated/α-hetero) is 1. The predicted octanol–water partition coefficient (Wildman–Crippen LogP) is 4.98. The molecule has 0 saturated heterocycles. The van der Waals surface area contributed by atoms with Crippen LogP contribution in [0.1, 0.15) is 28.4 Å². The number of hydrazone groups is 1. The smallest absolute Gasteiger partial charge is 0.296 e. The minimum Gasteiger partial charge on any atom is -0.508 e. The van der Waals surface area contributed by atoms with E-state index in [4.69, 9.17) is 9.47 Å². The molecule has 3 aromatic carbocycles. The number of methoxy groups -OCH3 is 2. The van der Waals surface area contributed by atoms with Crippen LogP contribution in [-0.4, -0.2) is 49.7 Å². The molecular formula is C27H25N5O8S. The van der Waals surface area contributed by atoms with Gasteiger partial charge in [-0.05, 0) is 60.5 Å². The Morgan fingerprint density at radius 1 is 0.951 bits per heavy atom. The lowest BCUT2D eigenvalue weighted by Gasteiger charge is -2.18. The van der Waals surface area contributed by atoms with Crippen molar-refractivity contribution in [1.82, 2.24) is 0 Å². The Hall–Kier alpha value is -5.08. The van der Waals surface area contributed by atoms with Crippen LogP contribution in [0.25, 0.3) is 6.08 Å². The zero-order chi connectivity index (χ0) is 29.9. The summed E-state index contributed by atoms with van der Waals surface area (Å²) in [5.41, 5.74) is 4.44. The van der Waals surface area contributed by atoms with Crippen molar-refractivity contribution in [3.8, 4) is 17.2 Å². The average molecular weight is 580 g/mol. The fourth-order valence-electron chi connectivity index (χ4n) is 3.94. The minimum atomic E-state index is -4.87. The number of amides is 1. The molecule has 0 saturated carbocycles. The highest BCUT2D eigenvalue weighted by Gasteiger charge is 2.33. The van der Waals surface area contributed by atoms with E-state index >= 15 is 0 Å². The van der Waals surface area contributed by atoms with Crippen molar-refractivity contribution in [3.05, 3.63) is 70.1 Å². The number of phenols is 1. The van der Waals surface area contributed by atoms with Crippen molar-refractivity contribution in [2.75, 3.05) is 25.0 Å². The lowest BCUT2D eigenvalue weighted by molar-refractivity contribution is -0.114. The summed E-state index contributed by atoms with van der Waals surface area (Å²) < 4.78 is 44.9. The molecule has 0 spiro atoms. The number of carbonyl (C=O) groups excluding carboxylic acids is 2. The van der Waals surface area contributed by atoms with Crippen LogP contribution in [0.2, 0.25) is 0 Å². The molecule has 0 aromatic heterocycles. The molecule has 0 unspecified atom stereocenters. The van der Waals surface area contributed by atoms with Crippen molar-refractivity contribution >= 4 is 56.3 Å². The predicted molar refractivity (Wildman–Crippen MR) is 152 cm³/mol. The molecule has 4 N–H and O–H groups in total. The topological polar surface area (TPSA) is 188 Å². The minimum absolute atomic E-state index is 0.0115. The second-order valence-electron chi connectivity index (χ2n) is 8.76. The second kappa shape index (κ2) is 11.6. The van der Waals surface area contributed by atoms with Gasteiger partial charge in [0, 0.05) is 30.3 Å². The number of nitrogens with zero attached hydrogens (tertiary/aromatic N) is 3. The number of allylic oxidation sites excluding steroid dienone is 1. The van der Waals surface area contributed by atoms with Crippen molar-refractivity contribution in [2.24, 2.45) is 15.3 Å². The van der Waals surface area contributed by atoms with Crippen molar-refractivity contribution in [1.29, 1.82) is 0 Å². The van der Waals surface area contributed by atoms with Gasteiger partial charge in [-0.15, -0.1) is 5.11 Å². The number of ether oxygens (including phenoxy) is 2. The number of aromatic hydroxyl groups is 1. The Bertz CT molecular complexity index is 1760. The van der Waals surface area contributed by atoms with Gasteiger partial charge in [-0.1, -0.05) is 0 Å². The van der Waals surface area contributed by atoms with Crippen LogP contribution < -0.4 is 20.2 Å². The summed E-state index contributed by atoms with van der Waals surface area (Å²) in [5, 5.41) is 24.6. The molecule has 14 heteroatoms. The molecule has 0 heterocycles. The zero-order valence-electron chi connectivity index (χ0n) is 22.3. The molecule has 13 nitrogen and oxygen atoms in total. The van der Waals surface area contributed by atoms with E-state index in [1.54, 1.807) is 19.1 Å². The van der Waals surface area contributed by atoms with E-state index in [0.29, 0.717) is 28.4 Å². The van der Waals surface area contributed by atoms with Gasteiger partial charge in [0.15, 0.2) is 5.71 Å². The van der Waals surface area contributed by atoms with Gasteiger partial charge < -0.3 is 19.9 Å². The van der Waals surface area contributed by atoms with Gasteiger partial charge in [-0.2, -0.15) is 18.6 Å². The number of phenolic OH excluding ortho intramolecular Hbond substituents is 1. The molecule has 4 rings (SSSR count). The molecule has 1 amide bonds. The Labute approximate surface area is 235 Å². The largest absolute Gasteiger partial charge is 0.508 e. The van der Waals surface area contributed by atoms with Crippen LogP contribution >= 0.6 is 0 Å². The maximum atomic E-state index is 13.2. The van der Waals surface area contributed by atoms with Gasteiger partial charge >= 0.3 is 0 Å². The number of nitrogens with one attached hydrogen (secondary N) is 2. The molecule has 0 aliphatic heterocycles. The summed E-state index contributed by atoms with van der Waals surface area (Å²) in [6.45, 7) is 3.04. The Morgan fingerprint density at radius 3 is 2.32 bits per heavy atom. The second-order valence-corrected chi connectivity index (χ2v) is 10.2. The number of aryl methyl sites for hydroxylation is 1. The highest BCUT2D eigenvalue weighted by atomic mass is 32.2. The number of ketones is 1. The summed E-state index contributed by atoms with van der Waals surface area (Å²) >= 11 is 0. The summed E-state index contributed by atoms with van der Waals surface area (Å²) in [6, 6.07) is 11.9. The number of hydrogen-bond donors (Lipinski definition) is 4. The standard InChI is InChI=1S/C27H25N5O8S/c1-14-9-22(24(40-4)13-21(14)30-29-20-8-6-18(34)12-23(20)39-3)31-32-26-25(41(36,37)38)11-16-10-17(28-15(2)33)5-7-19(16)27(26)35/h5-13,31,34H,1-4H3,(H,28,33)(H,36,37,38)/b30-29+,32-26-. The first-order chi connectivity index (χ1) is 19.4. The van der Waals surface area contributed by atoms with Crippen LogP contribution in [0.4, 0.5) is 22.7 Å². The molecular weight excluding hydrogens is 554 g/mol. The molecule has 1 aliphatic rings. The Balaban J connectivity index is 1.69. The average Bonchev–Trinajstić information content (AvgIpc) is 2.91. The summed E-state index contributed by atoms with van der Waals surface area (Å²) in [5.74, 6) is -0.541. The van der Waals surface area contributed by atoms with Crippen LogP contribution in [0.15, 0.2) is 68.8 Å². The van der Waals surface area contributed by atoms with Crippen LogP contribution in [0.5, 0.6) is 17.2 Å². The molecule has 212 valence electrons. The third-order valence-corrected chi connectivity index (χ3v) is 6.73. The SMILES string of the molecule is COc1cc(O)ccc1/N=N/c1cc(OC)c(N/N=C2\C(=O)c3ccc(NC(C)=O)cc3C=C2S(=O)(=O)O)cc1C. The third kappa shape index (κ3) is 6.40. The number of benzene rings is 3. The number of azo groups is 1. The Kier molecular flexibility index (Phi) is 8.16. The van der Waals surface area contributed by atoms with E-state index in [-0.39, 0.29) is 34.2 Å². The zero-order valence-corrected chi connectivity index (χ0v) is 23.1. The van der Waals surface area contributed by atoms with E-state index in [0.717, 1.165) is 6.08 Å². The van der Waals surface area contributed by atoms with E-state index in [1.165, 1.54) is 57.5 Å². The fraction of sp³-hybridized carbons (Fsp3) is 0.148. The van der Waals surface area contributed by atoms with Gasteiger partial charge in [0.1, 0.15) is 27.8 Å². The van der Waals surface area contributed by atoms with Crippen molar-refractivity contribution < 1.29 is 37.1 Å². The van der Waals surface area contributed by atoms with E-state index in [2.05, 4.69) is 26.1 Å². The lowest BCUT2D eigenvalue weighted by Crippen LogP contribution is -2.27. The fourth-order valence-corrected chi connectivity index (χ4v) is 4.59. The van der Waals surface area contributed by atoms with Gasteiger partial charge in [-0.3, -0.25) is 19.6 Å². The summed E-state index contributed by atoms with van der Waals surface area (Å²) in [7, 11) is -2.04. The summed E-state index contributed by atoms with van der Waals surface area (Å²) in [6.07, 6.45) is 1.10. The first kappa shape index (κ1) is 28.9. The first-order valence-electron chi connectivity index (χ1n) is 11.9. The van der Waals surface area contributed by atoms with E-state index in [9.17, 15) is 27.7 Å². The van der Waals surface area contributed by atoms with E-state index < -0.39 is 26.5 Å². The third-order valence-electron chi connectivity index (χ3n) is 5.86. The van der Waals surface area contributed by atoms with Gasteiger partial charge in [0.2, 0.25) is 11.7 Å². The van der Waals surface area contributed by atoms with E-state index in [1.807, 2.05) is 0 Å². The normalized spacial score (nSPS) is 14.0. The quantitative estimate of drug-likeness (QED) is 0.162. The van der Waals surface area contributed by atoms with Crippen molar-refractivity contribution in [2.45, 2.75) is 13.8 Å². The van der Waals surface area contributed by atoms with Gasteiger partial charge in [0.25, 0.3) is 10.1 Å². The molecule has 0 radical (unpaired) electrons. The maximum Gasteiger partial charge on any atom is 0.296 e. The molecule has 0 atom stereocenters. The first-order valence-corrected chi connectivity index (χ1v) is 13.3. The van der Waals surface area contributed by atoms with Crippen LogP contribution in [0, 0.1) is 6.92 Å². The number of rotatable bonds is 8. The highest BCUT2D eigenvalue weighted by Crippen LogP contribution is 2.36. The molecule has 3 aromatic rings. The van der Waals surface area contributed by atoms with Crippen LogP contribution in [0.3, 0.4) is 0 Å². The van der Waals surface area contributed by atoms with Crippen molar-refractivity contribution in [3.63, 3.8) is 0 Å². The number of hydrogen-bond acceptors (Lipinski definition) is 11. The lowest BCUT2D eigenvalue weighted by atomic mass is 9.94. The number of anilines is 2. The van der Waals surface area contributed by atoms with Gasteiger partial charge in [0.05, 0.1) is 25.6 Å². The van der Waals surface area contributed by atoms with Gasteiger partial charge in [-0.25, -0.2) is 0 Å². The Morgan fingerprint density at radius 2 is 1.66 bits per heavy atom. The number of fused-ring (bicyclic) bond motifs is 1. The molecule has 1 aliphatic carbocycles. The van der Waals surface area contributed by atoms with Crippen LogP contribution in [-0.2, 0) is 14.9 Å². The molecule has 41 heavy (non-hydrogen) atoms. The highest BCUT2D eigenvalue weighted by molar-refractivity contribution is 7.91. The monoisotopic (exact) mass is 579 g/mol. The maximum absolute atomic E-state index is 13.2. The number of carbonyl (C=O) groups is 2. The molecule has 0 bridgehead atoms. The molecule has 0 fully saturated rings. The summed E-state index contributed by atoms with van der Waals surface area (Å²) in [4.78, 5) is 23.9.